The number of nitrogen functional groups attached to an aromatic ring is 1. The lowest BCUT2D eigenvalue weighted by Crippen LogP contribution is -1.90. The first-order valence-corrected chi connectivity index (χ1v) is 12.2. The number of para-hydroxylation sites is 3. The van der Waals surface area contributed by atoms with Crippen LogP contribution in [0, 0.1) is 0 Å². The lowest BCUT2D eigenvalue weighted by molar-refractivity contribution is 0.670. The van der Waals surface area contributed by atoms with Crippen LogP contribution >= 0.6 is 11.3 Å². The fourth-order valence-electron chi connectivity index (χ4n) is 4.58. The first-order valence-electron chi connectivity index (χ1n) is 11.4. The second-order valence-electron chi connectivity index (χ2n) is 8.48. The molecule has 0 radical (unpaired) electrons. The van der Waals surface area contributed by atoms with E-state index in [0.717, 1.165) is 67.7 Å². The summed E-state index contributed by atoms with van der Waals surface area (Å²) in [5, 5.41) is 3.23. The molecule has 0 unspecified atom stereocenters. The molecular weight excluding hydrogens is 424 g/mol. The molecule has 4 aromatic carbocycles. The normalized spacial score (nSPS) is 11.7. The van der Waals surface area contributed by atoms with Gasteiger partial charge in [-0.1, -0.05) is 61.9 Å². The summed E-state index contributed by atoms with van der Waals surface area (Å²) in [7, 11) is 0. The van der Waals surface area contributed by atoms with E-state index in [1.54, 1.807) is 11.3 Å². The molecule has 4 heteroatoms. The van der Waals surface area contributed by atoms with E-state index in [9.17, 15) is 0 Å². The second kappa shape index (κ2) is 8.05. The summed E-state index contributed by atoms with van der Waals surface area (Å²) in [5.74, 6) is 0. The minimum absolute atomic E-state index is 0.753. The van der Waals surface area contributed by atoms with E-state index in [-0.39, 0.29) is 0 Å². The molecule has 0 bridgehead atoms. The summed E-state index contributed by atoms with van der Waals surface area (Å²) >= 11 is 1.71. The van der Waals surface area contributed by atoms with Crippen molar-refractivity contribution in [2.75, 3.05) is 5.73 Å². The van der Waals surface area contributed by atoms with E-state index in [1.165, 1.54) is 16.7 Å². The van der Waals surface area contributed by atoms with E-state index in [1.807, 2.05) is 36.4 Å². The van der Waals surface area contributed by atoms with Crippen molar-refractivity contribution in [3.05, 3.63) is 84.4 Å². The third-order valence-corrected chi connectivity index (χ3v) is 7.30. The molecule has 3 nitrogen and oxygen atoms in total. The van der Waals surface area contributed by atoms with Crippen LogP contribution in [0.1, 0.15) is 25.3 Å². The molecule has 6 aromatic rings. The summed E-state index contributed by atoms with van der Waals surface area (Å²) in [4.78, 5) is 5.10. The Morgan fingerprint density at radius 1 is 0.848 bits per heavy atom. The minimum atomic E-state index is 0.753. The SMILES string of the molecule is CCCCc1cc(-c2cccc3c2oc2ccccc23)c2nc(-c3ccccc3N)sc2c1. The van der Waals surface area contributed by atoms with Gasteiger partial charge in [-0.05, 0) is 48.7 Å². The van der Waals surface area contributed by atoms with Gasteiger partial charge in [-0.25, -0.2) is 4.98 Å². The van der Waals surface area contributed by atoms with Crippen LogP contribution in [0.2, 0.25) is 0 Å². The number of aryl methyl sites for hydroxylation is 1. The Kier molecular flexibility index (Phi) is 4.88. The van der Waals surface area contributed by atoms with Crippen LogP contribution in [0.5, 0.6) is 0 Å². The lowest BCUT2D eigenvalue weighted by atomic mass is 9.97. The monoisotopic (exact) mass is 448 g/mol. The van der Waals surface area contributed by atoms with Gasteiger partial charge in [0.1, 0.15) is 16.2 Å². The van der Waals surface area contributed by atoms with Crippen molar-refractivity contribution < 1.29 is 4.42 Å². The van der Waals surface area contributed by atoms with Gasteiger partial charge in [0.2, 0.25) is 0 Å². The average molecular weight is 449 g/mol. The number of anilines is 1. The highest BCUT2D eigenvalue weighted by atomic mass is 32.1. The highest BCUT2D eigenvalue weighted by Crippen LogP contribution is 2.42. The third kappa shape index (κ3) is 3.38. The Labute approximate surface area is 196 Å². The predicted octanol–water partition coefficient (Wildman–Crippen LogP) is 8.45. The molecule has 2 N–H and O–H groups in total. The Morgan fingerprint density at radius 3 is 2.52 bits per heavy atom. The Hall–Kier alpha value is -3.63. The molecule has 0 spiro atoms. The van der Waals surface area contributed by atoms with Crippen LogP contribution in [0.15, 0.2) is 83.3 Å². The van der Waals surface area contributed by atoms with Crippen LogP contribution in [-0.2, 0) is 6.42 Å². The smallest absolute Gasteiger partial charge is 0.143 e. The zero-order valence-corrected chi connectivity index (χ0v) is 19.3. The number of unbranched alkanes of at least 4 members (excludes halogenated alkanes) is 1. The highest BCUT2D eigenvalue weighted by Gasteiger charge is 2.18. The summed E-state index contributed by atoms with van der Waals surface area (Å²) < 4.78 is 7.56. The summed E-state index contributed by atoms with van der Waals surface area (Å²) in [6.07, 6.45) is 3.38. The number of nitrogens with two attached hydrogens (primary N) is 1. The molecule has 0 aliphatic rings. The number of hydrogen-bond donors (Lipinski definition) is 1. The molecule has 0 aliphatic heterocycles. The van der Waals surface area contributed by atoms with Crippen molar-refractivity contribution in [3.63, 3.8) is 0 Å². The first kappa shape index (κ1) is 20.0. The number of fused-ring (bicyclic) bond motifs is 4. The van der Waals surface area contributed by atoms with E-state index < -0.39 is 0 Å². The van der Waals surface area contributed by atoms with Gasteiger partial charge in [0, 0.05) is 33.2 Å². The molecule has 0 amide bonds. The highest BCUT2D eigenvalue weighted by molar-refractivity contribution is 7.21. The van der Waals surface area contributed by atoms with Crippen molar-refractivity contribution in [1.82, 2.24) is 4.98 Å². The molecule has 6 rings (SSSR count). The van der Waals surface area contributed by atoms with Gasteiger partial charge in [0.05, 0.1) is 10.2 Å². The Bertz CT molecular complexity index is 1630. The fraction of sp³-hybridized carbons (Fsp3) is 0.138. The lowest BCUT2D eigenvalue weighted by Gasteiger charge is -2.08. The number of hydrogen-bond acceptors (Lipinski definition) is 4. The number of thiazole rings is 1. The second-order valence-corrected chi connectivity index (χ2v) is 9.51. The van der Waals surface area contributed by atoms with Gasteiger partial charge in [-0.15, -0.1) is 11.3 Å². The fourth-order valence-corrected chi connectivity index (χ4v) is 5.69. The number of benzene rings is 4. The van der Waals surface area contributed by atoms with Crippen LogP contribution in [-0.4, -0.2) is 4.98 Å². The van der Waals surface area contributed by atoms with Crippen molar-refractivity contribution in [2.24, 2.45) is 0 Å². The molecule has 2 aromatic heterocycles. The van der Waals surface area contributed by atoms with Gasteiger partial charge in [-0.3, -0.25) is 0 Å². The van der Waals surface area contributed by atoms with Crippen LogP contribution in [0.25, 0.3) is 53.9 Å². The summed E-state index contributed by atoms with van der Waals surface area (Å²) in [6, 6.07) is 27.2. The quantitative estimate of drug-likeness (QED) is 0.269. The first-order chi connectivity index (χ1) is 16.2. The average Bonchev–Trinajstić information content (AvgIpc) is 3.44. The van der Waals surface area contributed by atoms with Crippen LogP contribution in [0.3, 0.4) is 0 Å². The van der Waals surface area contributed by atoms with Gasteiger partial charge in [0.25, 0.3) is 0 Å². The molecule has 0 saturated carbocycles. The van der Waals surface area contributed by atoms with Crippen molar-refractivity contribution in [2.45, 2.75) is 26.2 Å². The zero-order valence-electron chi connectivity index (χ0n) is 18.5. The van der Waals surface area contributed by atoms with E-state index >= 15 is 0 Å². The van der Waals surface area contributed by atoms with Gasteiger partial charge < -0.3 is 10.2 Å². The molecule has 2 heterocycles. The molecule has 0 fully saturated rings. The third-order valence-electron chi connectivity index (χ3n) is 6.26. The summed E-state index contributed by atoms with van der Waals surface area (Å²) in [5.41, 5.74) is 14.4. The molecule has 33 heavy (non-hydrogen) atoms. The minimum Gasteiger partial charge on any atom is -0.455 e. The molecule has 0 atom stereocenters. The van der Waals surface area contributed by atoms with E-state index in [4.69, 9.17) is 15.1 Å². The maximum atomic E-state index is 6.37. The number of rotatable bonds is 5. The van der Waals surface area contributed by atoms with Crippen LogP contribution < -0.4 is 5.73 Å². The molecule has 0 saturated heterocycles. The van der Waals surface area contributed by atoms with Crippen LogP contribution in [0.4, 0.5) is 5.69 Å². The number of furan rings is 1. The van der Waals surface area contributed by atoms with E-state index in [0.29, 0.717) is 0 Å². The van der Waals surface area contributed by atoms with E-state index in [2.05, 4.69) is 49.4 Å². The maximum Gasteiger partial charge on any atom is 0.143 e. The topological polar surface area (TPSA) is 52.0 Å². The summed E-state index contributed by atoms with van der Waals surface area (Å²) in [6.45, 7) is 2.23. The largest absolute Gasteiger partial charge is 0.455 e. The number of nitrogens with zero attached hydrogens (tertiary/aromatic N) is 1. The van der Waals surface area contributed by atoms with Gasteiger partial charge >= 0.3 is 0 Å². The zero-order chi connectivity index (χ0) is 22.4. The Morgan fingerprint density at radius 2 is 1.64 bits per heavy atom. The van der Waals surface area contributed by atoms with Crippen molar-refractivity contribution in [1.29, 1.82) is 0 Å². The number of aromatic nitrogens is 1. The van der Waals surface area contributed by atoms with Crippen molar-refractivity contribution >= 4 is 49.2 Å². The van der Waals surface area contributed by atoms with Gasteiger partial charge in [-0.2, -0.15) is 0 Å². The Balaban J connectivity index is 1.63. The predicted molar refractivity (Wildman–Crippen MR) is 141 cm³/mol. The standard InChI is InChI=1S/C29H24N2OS/c1-2-3-9-18-16-23(21-13-8-12-20-19-10-5-7-15-25(19)32-28(20)21)27-26(17-18)33-29(31-27)22-11-4-6-14-24(22)30/h4-8,10-17H,2-3,9,30H2,1H3. The molecule has 0 aliphatic carbocycles. The van der Waals surface area contributed by atoms with Crippen molar-refractivity contribution in [3.8, 4) is 21.7 Å². The molecular formula is C29H24N2OS. The maximum absolute atomic E-state index is 6.37. The molecule has 162 valence electrons. The van der Waals surface area contributed by atoms with Gasteiger partial charge in [0.15, 0.2) is 0 Å².